The summed E-state index contributed by atoms with van der Waals surface area (Å²) in [5, 5.41) is 0. The van der Waals surface area contributed by atoms with E-state index in [1.807, 2.05) is 40.7 Å². The first-order chi connectivity index (χ1) is 9.33. The van der Waals surface area contributed by atoms with Crippen molar-refractivity contribution in [3.05, 3.63) is 11.8 Å². The topological polar surface area (TPSA) is 37.2 Å². The molecule has 1 fully saturated rings. The van der Waals surface area contributed by atoms with Crippen LogP contribution in [0.15, 0.2) is 21.8 Å². The lowest BCUT2D eigenvalue weighted by molar-refractivity contribution is 0.0395. The van der Waals surface area contributed by atoms with Crippen LogP contribution in [0.5, 0.6) is 0 Å². The van der Waals surface area contributed by atoms with Crippen LogP contribution in [-0.2, 0) is 4.74 Å². The molecule has 0 aromatic carbocycles. The summed E-state index contributed by atoms with van der Waals surface area (Å²) in [5.41, 5.74) is 0.894. The van der Waals surface area contributed by atoms with E-state index in [4.69, 9.17) is 4.74 Å². The van der Waals surface area contributed by atoms with Gasteiger partial charge in [-0.05, 0) is 19.7 Å². The second-order valence-corrected chi connectivity index (χ2v) is 3.48. The third kappa shape index (κ3) is 13.2. The molecule has 0 aromatic rings. The lowest BCUT2D eigenvalue weighted by Crippen LogP contribution is -2.37. The van der Waals surface area contributed by atoms with E-state index in [1.165, 1.54) is 0 Å². The molecule has 1 aliphatic heterocycles. The van der Waals surface area contributed by atoms with Gasteiger partial charge in [-0.25, -0.2) is 0 Å². The summed E-state index contributed by atoms with van der Waals surface area (Å²) in [7, 11) is 0. The summed E-state index contributed by atoms with van der Waals surface area (Å²) in [6.07, 6.45) is 3.66. The van der Waals surface area contributed by atoms with Crippen molar-refractivity contribution in [1.82, 2.24) is 4.90 Å². The molecule has 4 nitrogen and oxygen atoms in total. The SMILES string of the molecule is C=N/C(C)=C\C=NCCN1CCOCC1.CC.CC. The second-order valence-electron chi connectivity index (χ2n) is 3.48. The van der Waals surface area contributed by atoms with E-state index >= 15 is 0 Å². The van der Waals surface area contributed by atoms with E-state index in [0.717, 1.165) is 45.1 Å². The highest BCUT2D eigenvalue weighted by molar-refractivity contribution is 5.72. The van der Waals surface area contributed by atoms with Crippen molar-refractivity contribution in [1.29, 1.82) is 0 Å². The molecule has 0 atom stereocenters. The molecular formula is C15H31N3O. The van der Waals surface area contributed by atoms with Crippen LogP contribution in [0, 0.1) is 0 Å². The third-order valence-electron chi connectivity index (χ3n) is 2.32. The fourth-order valence-corrected chi connectivity index (χ4v) is 1.31. The summed E-state index contributed by atoms with van der Waals surface area (Å²) in [6.45, 7) is 18.9. The summed E-state index contributed by atoms with van der Waals surface area (Å²) in [5.74, 6) is 0. The number of hydrogen-bond acceptors (Lipinski definition) is 4. The molecule has 0 bridgehead atoms. The van der Waals surface area contributed by atoms with E-state index in [2.05, 4.69) is 21.6 Å². The molecule has 0 aromatic heterocycles. The summed E-state index contributed by atoms with van der Waals surface area (Å²) >= 11 is 0. The maximum atomic E-state index is 5.26. The lowest BCUT2D eigenvalue weighted by Gasteiger charge is -2.25. The van der Waals surface area contributed by atoms with Crippen molar-refractivity contribution in [3.8, 4) is 0 Å². The number of aliphatic imine (C=N–C) groups is 2. The highest BCUT2D eigenvalue weighted by atomic mass is 16.5. The molecular weight excluding hydrogens is 238 g/mol. The lowest BCUT2D eigenvalue weighted by atomic mass is 10.4. The molecule has 0 amide bonds. The van der Waals surface area contributed by atoms with Crippen molar-refractivity contribution in [2.24, 2.45) is 9.98 Å². The predicted octanol–water partition coefficient (Wildman–Crippen LogP) is 3.05. The van der Waals surface area contributed by atoms with E-state index < -0.39 is 0 Å². The Balaban J connectivity index is 0. The Morgan fingerprint density at radius 3 is 2.32 bits per heavy atom. The van der Waals surface area contributed by atoms with Gasteiger partial charge in [0.15, 0.2) is 0 Å². The van der Waals surface area contributed by atoms with Crippen LogP contribution in [0.4, 0.5) is 0 Å². The maximum Gasteiger partial charge on any atom is 0.0594 e. The molecule has 1 rings (SSSR count). The van der Waals surface area contributed by atoms with Gasteiger partial charge in [0.25, 0.3) is 0 Å². The molecule has 1 saturated heterocycles. The Morgan fingerprint density at radius 1 is 1.21 bits per heavy atom. The number of allylic oxidation sites excluding steroid dienone is 2. The fourth-order valence-electron chi connectivity index (χ4n) is 1.31. The summed E-state index contributed by atoms with van der Waals surface area (Å²) in [6, 6.07) is 0. The van der Waals surface area contributed by atoms with Crippen LogP contribution in [0.1, 0.15) is 34.6 Å². The standard InChI is InChI=1S/C11H19N3O.2C2H6/c1-11(12-2)3-4-13-5-6-14-7-9-15-10-8-14;2*1-2/h3-4H,2,5-10H2,1H3;2*1-2H3/b11-3-,13-4?;;. The first kappa shape index (κ1) is 20.3. The van der Waals surface area contributed by atoms with Gasteiger partial charge in [0, 0.05) is 31.5 Å². The Kier molecular flexibility index (Phi) is 18.2. The molecule has 0 aliphatic carbocycles. The van der Waals surface area contributed by atoms with Gasteiger partial charge in [-0.1, -0.05) is 27.7 Å². The monoisotopic (exact) mass is 269 g/mol. The van der Waals surface area contributed by atoms with E-state index in [-0.39, 0.29) is 0 Å². The minimum Gasteiger partial charge on any atom is -0.379 e. The molecule has 19 heavy (non-hydrogen) atoms. The number of hydrogen-bond donors (Lipinski definition) is 0. The van der Waals surface area contributed by atoms with Gasteiger partial charge in [0.1, 0.15) is 0 Å². The average Bonchev–Trinajstić information content (AvgIpc) is 2.51. The third-order valence-corrected chi connectivity index (χ3v) is 2.32. The molecule has 0 spiro atoms. The van der Waals surface area contributed by atoms with Crippen LogP contribution in [0.25, 0.3) is 0 Å². The smallest absolute Gasteiger partial charge is 0.0594 e. The molecule has 1 heterocycles. The number of morpholine rings is 1. The minimum atomic E-state index is 0.834. The average molecular weight is 269 g/mol. The van der Waals surface area contributed by atoms with E-state index in [1.54, 1.807) is 6.21 Å². The van der Waals surface area contributed by atoms with Gasteiger partial charge in [0.05, 0.1) is 19.8 Å². The Labute approximate surface area is 119 Å². The van der Waals surface area contributed by atoms with Crippen molar-refractivity contribution in [2.45, 2.75) is 34.6 Å². The molecule has 112 valence electrons. The number of ether oxygens (including phenoxy) is 1. The zero-order valence-corrected chi connectivity index (χ0v) is 13.4. The fraction of sp³-hybridized carbons (Fsp3) is 0.733. The largest absolute Gasteiger partial charge is 0.379 e. The maximum absolute atomic E-state index is 5.26. The van der Waals surface area contributed by atoms with Gasteiger partial charge in [-0.2, -0.15) is 0 Å². The Hall–Kier alpha value is -1.00. The van der Waals surface area contributed by atoms with Crippen molar-refractivity contribution in [2.75, 3.05) is 39.4 Å². The zero-order valence-electron chi connectivity index (χ0n) is 13.4. The van der Waals surface area contributed by atoms with Crippen molar-refractivity contribution >= 4 is 12.9 Å². The molecule has 0 unspecified atom stereocenters. The van der Waals surface area contributed by atoms with Crippen molar-refractivity contribution in [3.63, 3.8) is 0 Å². The first-order valence-electron chi connectivity index (χ1n) is 7.26. The van der Waals surface area contributed by atoms with Crippen LogP contribution in [-0.4, -0.2) is 57.2 Å². The number of rotatable bonds is 5. The van der Waals surface area contributed by atoms with Gasteiger partial charge in [0.2, 0.25) is 0 Å². The van der Waals surface area contributed by atoms with Gasteiger partial charge in [-0.3, -0.25) is 14.9 Å². The van der Waals surface area contributed by atoms with Gasteiger partial charge in [-0.15, -0.1) is 0 Å². The van der Waals surface area contributed by atoms with Crippen LogP contribution >= 0.6 is 0 Å². The molecule has 1 aliphatic rings. The second kappa shape index (κ2) is 17.0. The van der Waals surface area contributed by atoms with Crippen LogP contribution < -0.4 is 0 Å². The quantitative estimate of drug-likeness (QED) is 0.719. The zero-order chi connectivity index (χ0) is 14.9. The normalized spacial score (nSPS) is 16.2. The van der Waals surface area contributed by atoms with Crippen LogP contribution in [0.2, 0.25) is 0 Å². The van der Waals surface area contributed by atoms with Crippen molar-refractivity contribution < 1.29 is 4.74 Å². The minimum absolute atomic E-state index is 0.834. The highest BCUT2D eigenvalue weighted by Crippen LogP contribution is 1.95. The van der Waals surface area contributed by atoms with Gasteiger partial charge < -0.3 is 4.74 Å². The molecule has 0 saturated carbocycles. The number of nitrogens with zero attached hydrogens (tertiary/aromatic N) is 3. The molecule has 0 radical (unpaired) electrons. The van der Waals surface area contributed by atoms with Gasteiger partial charge >= 0.3 is 0 Å². The highest BCUT2D eigenvalue weighted by Gasteiger charge is 2.08. The Morgan fingerprint density at radius 2 is 1.79 bits per heavy atom. The summed E-state index contributed by atoms with van der Waals surface area (Å²) in [4.78, 5) is 10.4. The molecule has 4 heteroatoms. The predicted molar refractivity (Wildman–Crippen MR) is 86.6 cm³/mol. The van der Waals surface area contributed by atoms with Crippen LogP contribution in [0.3, 0.4) is 0 Å². The van der Waals surface area contributed by atoms with E-state index in [0.29, 0.717) is 0 Å². The molecule has 0 N–H and O–H groups in total. The summed E-state index contributed by atoms with van der Waals surface area (Å²) < 4.78 is 5.26. The Bertz CT molecular complexity index is 244. The first-order valence-corrected chi connectivity index (χ1v) is 7.26. The van der Waals surface area contributed by atoms with E-state index in [9.17, 15) is 0 Å².